The zero-order valence-electron chi connectivity index (χ0n) is 8.78. The van der Waals surface area contributed by atoms with Crippen LogP contribution in [0.15, 0.2) is 0 Å². The lowest BCUT2D eigenvalue weighted by atomic mass is 10.7. The highest BCUT2D eigenvalue weighted by atomic mass is 32.2. The average Bonchev–Trinajstić information content (AvgIpc) is 2.24. The Kier molecular flexibility index (Phi) is 17.2. The van der Waals surface area contributed by atoms with Crippen molar-refractivity contribution < 1.29 is 29.6 Å². The van der Waals surface area contributed by atoms with Crippen LogP contribution in [0.3, 0.4) is 0 Å². The molecule has 0 aromatic rings. The summed E-state index contributed by atoms with van der Waals surface area (Å²) in [5.41, 5.74) is 0. The van der Waals surface area contributed by atoms with E-state index in [0.29, 0.717) is 26.4 Å². The fourth-order valence-corrected chi connectivity index (χ4v) is 0.451. The summed E-state index contributed by atoms with van der Waals surface area (Å²) in [6, 6.07) is 0. The lowest BCUT2D eigenvalue weighted by molar-refractivity contribution is -0.134. The number of aliphatic hydroxyl groups is 2. The van der Waals surface area contributed by atoms with Crippen LogP contribution in [0.1, 0.15) is 0 Å². The number of thiol groups is 2. The van der Waals surface area contributed by atoms with Crippen LogP contribution in [-0.4, -0.2) is 65.5 Å². The van der Waals surface area contributed by atoms with E-state index in [0.717, 1.165) is 0 Å². The highest BCUT2D eigenvalue weighted by Crippen LogP contribution is 1.96. The lowest BCUT2D eigenvalue weighted by Crippen LogP contribution is -2.09. The van der Waals surface area contributed by atoms with Gasteiger partial charge in [0.1, 0.15) is 4.58 Å². The first kappa shape index (κ1) is 18.4. The largest absolute Gasteiger partial charge is 0.480 e. The van der Waals surface area contributed by atoms with Crippen molar-refractivity contribution in [3.05, 3.63) is 0 Å². The minimum Gasteiger partial charge on any atom is -0.480 e. The number of hydrogen-bond acceptors (Lipinski definition) is 7. The molecule has 0 bridgehead atoms. The topological polar surface area (TPSA) is 96.2 Å². The van der Waals surface area contributed by atoms with Gasteiger partial charge in [0.25, 0.3) is 0 Å². The zero-order valence-corrected chi connectivity index (χ0v) is 10.6. The van der Waals surface area contributed by atoms with E-state index in [-0.39, 0.29) is 13.2 Å². The van der Waals surface area contributed by atoms with E-state index in [2.05, 4.69) is 25.3 Å². The summed E-state index contributed by atoms with van der Waals surface area (Å²) in [6.45, 7) is 1.73. The summed E-state index contributed by atoms with van der Waals surface area (Å²) in [6.07, 6.45) is 0. The Morgan fingerprint density at radius 1 is 1.00 bits per heavy atom. The van der Waals surface area contributed by atoms with Crippen molar-refractivity contribution in [1.29, 1.82) is 0 Å². The van der Waals surface area contributed by atoms with E-state index < -0.39 is 10.6 Å². The molecule has 3 N–H and O–H groups in total. The van der Waals surface area contributed by atoms with Gasteiger partial charge in [-0.2, -0.15) is 25.3 Å². The molecule has 0 atom stereocenters. The van der Waals surface area contributed by atoms with E-state index in [1.165, 1.54) is 0 Å². The molecule has 0 aliphatic carbocycles. The minimum absolute atomic E-state index is 0.0417. The molecular weight excluding hydrogens is 256 g/mol. The fraction of sp³-hybridized carbons (Fsp3) is 0.875. The van der Waals surface area contributed by atoms with Crippen molar-refractivity contribution in [2.75, 3.05) is 39.6 Å². The number of hydrogen-bond donors (Lipinski definition) is 5. The number of carboxylic acids is 1. The van der Waals surface area contributed by atoms with Gasteiger partial charge in [0.05, 0.1) is 39.6 Å². The first-order valence-electron chi connectivity index (χ1n) is 4.52. The van der Waals surface area contributed by atoms with Gasteiger partial charge in [-0.25, -0.2) is 0 Å². The number of aliphatic carboxylic acids is 1. The van der Waals surface area contributed by atoms with Crippen molar-refractivity contribution in [3.8, 4) is 0 Å². The molecule has 6 nitrogen and oxygen atoms in total. The van der Waals surface area contributed by atoms with Crippen molar-refractivity contribution in [1.82, 2.24) is 0 Å². The maximum absolute atomic E-state index is 9.55. The Hall–Kier alpha value is 0.01000. The molecule has 0 fully saturated rings. The molecule has 0 heterocycles. The van der Waals surface area contributed by atoms with E-state index >= 15 is 0 Å². The van der Waals surface area contributed by atoms with Gasteiger partial charge in [0, 0.05) is 0 Å². The smallest absolute Gasteiger partial charge is 0.326 e. The Balaban J connectivity index is 0. The number of carbonyl (C=O) groups is 1. The van der Waals surface area contributed by atoms with Crippen LogP contribution in [0, 0.1) is 0 Å². The van der Waals surface area contributed by atoms with E-state index in [1.54, 1.807) is 0 Å². The second-order valence-corrected chi connectivity index (χ2v) is 3.82. The molecule has 0 aromatic heterocycles. The number of ether oxygens (including phenoxy) is 2. The Labute approximate surface area is 105 Å². The molecule has 0 aliphatic heterocycles. The molecule has 0 amide bonds. The molecule has 0 aliphatic rings. The lowest BCUT2D eigenvalue weighted by Gasteiger charge is -2.01. The van der Waals surface area contributed by atoms with Crippen LogP contribution in [0.2, 0.25) is 0 Å². The van der Waals surface area contributed by atoms with Crippen LogP contribution in [-0.2, 0) is 14.3 Å². The summed E-state index contributed by atoms with van der Waals surface area (Å²) in [4.78, 5) is 9.55. The monoisotopic (exact) mass is 274 g/mol. The van der Waals surface area contributed by atoms with Gasteiger partial charge in [0.15, 0.2) is 0 Å². The van der Waals surface area contributed by atoms with E-state index in [1.807, 2.05) is 0 Å². The molecule has 0 unspecified atom stereocenters. The third-order valence-electron chi connectivity index (χ3n) is 1.06. The fourth-order valence-electron chi connectivity index (χ4n) is 0.451. The van der Waals surface area contributed by atoms with Gasteiger partial charge in [-0.05, 0) is 0 Å². The molecule has 0 saturated heterocycles. The van der Waals surface area contributed by atoms with Crippen molar-refractivity contribution in [2.24, 2.45) is 0 Å². The van der Waals surface area contributed by atoms with Gasteiger partial charge in [0.2, 0.25) is 0 Å². The van der Waals surface area contributed by atoms with Crippen LogP contribution in [0.4, 0.5) is 0 Å². The average molecular weight is 274 g/mol. The van der Waals surface area contributed by atoms with Crippen LogP contribution in [0.5, 0.6) is 0 Å². The van der Waals surface area contributed by atoms with E-state index in [4.69, 9.17) is 24.8 Å². The molecule has 0 radical (unpaired) electrons. The van der Waals surface area contributed by atoms with Gasteiger partial charge in [-0.15, -0.1) is 0 Å². The molecular formula is C8H18O6S2. The second-order valence-electron chi connectivity index (χ2n) is 2.38. The first-order chi connectivity index (χ1) is 7.56. The molecule has 98 valence electrons. The molecule has 0 rings (SSSR count). The molecule has 0 spiro atoms. The Morgan fingerprint density at radius 2 is 1.31 bits per heavy atom. The summed E-state index contributed by atoms with van der Waals surface area (Å²) < 4.78 is 8.90. The molecule has 0 aromatic carbocycles. The van der Waals surface area contributed by atoms with Crippen molar-refractivity contribution in [3.63, 3.8) is 0 Å². The van der Waals surface area contributed by atoms with Gasteiger partial charge < -0.3 is 24.8 Å². The SMILES string of the molecule is O=C(O)C(S)S.OCCOCCOCCO. The maximum atomic E-state index is 9.55. The maximum Gasteiger partial charge on any atom is 0.326 e. The highest BCUT2D eigenvalue weighted by Gasteiger charge is 2.01. The minimum atomic E-state index is -1.01. The predicted molar refractivity (Wildman–Crippen MR) is 65.2 cm³/mol. The van der Waals surface area contributed by atoms with Crippen molar-refractivity contribution in [2.45, 2.75) is 4.58 Å². The Morgan fingerprint density at radius 3 is 1.50 bits per heavy atom. The summed E-state index contributed by atoms with van der Waals surface area (Å²) in [5.74, 6) is -1.01. The Bertz CT molecular complexity index is 147. The summed E-state index contributed by atoms with van der Waals surface area (Å²) in [5, 5.41) is 24.4. The standard InChI is InChI=1S/C6H14O4.C2H4O2S2/c7-1-3-9-5-6-10-4-2-8;3-1(4)2(5)6/h7-8H,1-6H2;2,5-6H,(H,3,4). The second kappa shape index (κ2) is 15.0. The van der Waals surface area contributed by atoms with Crippen LogP contribution in [0.25, 0.3) is 0 Å². The van der Waals surface area contributed by atoms with Gasteiger partial charge in [-0.3, -0.25) is 4.79 Å². The van der Waals surface area contributed by atoms with Crippen LogP contribution < -0.4 is 0 Å². The third-order valence-corrected chi connectivity index (χ3v) is 1.51. The number of aliphatic hydroxyl groups excluding tert-OH is 2. The summed E-state index contributed by atoms with van der Waals surface area (Å²) >= 11 is 6.92. The van der Waals surface area contributed by atoms with Crippen LogP contribution >= 0.6 is 25.3 Å². The van der Waals surface area contributed by atoms with Gasteiger partial charge in [-0.1, -0.05) is 0 Å². The van der Waals surface area contributed by atoms with Crippen molar-refractivity contribution >= 4 is 31.2 Å². The molecule has 0 saturated carbocycles. The zero-order chi connectivity index (χ0) is 12.8. The number of rotatable bonds is 8. The molecule has 16 heavy (non-hydrogen) atoms. The quantitative estimate of drug-likeness (QED) is 0.227. The normalized spacial score (nSPS) is 9.81. The van der Waals surface area contributed by atoms with Gasteiger partial charge >= 0.3 is 5.97 Å². The number of carboxylic acid groups (broad SMARTS) is 1. The predicted octanol–water partition coefficient (Wildman–Crippen LogP) is -0.739. The highest BCUT2D eigenvalue weighted by molar-refractivity contribution is 8.00. The van der Waals surface area contributed by atoms with E-state index in [9.17, 15) is 4.79 Å². The first-order valence-corrected chi connectivity index (χ1v) is 5.55. The third kappa shape index (κ3) is 19.6. The molecule has 8 heteroatoms. The summed E-state index contributed by atoms with van der Waals surface area (Å²) in [7, 11) is 0.